The zero-order valence-corrected chi connectivity index (χ0v) is 15.5. The number of benzene rings is 1. The van der Waals surface area contributed by atoms with Crippen LogP contribution in [0.2, 0.25) is 5.02 Å². The average Bonchev–Trinajstić information content (AvgIpc) is 2.90. The van der Waals surface area contributed by atoms with Crippen LogP contribution in [0, 0.1) is 0 Å². The molecule has 1 atom stereocenters. The van der Waals surface area contributed by atoms with Gasteiger partial charge in [0, 0.05) is 18.7 Å². The van der Waals surface area contributed by atoms with Crippen molar-refractivity contribution in [2.75, 3.05) is 17.2 Å². The third-order valence-electron chi connectivity index (χ3n) is 5.26. The molecule has 0 spiro atoms. The number of carbonyl (C=O) groups is 2. The molecule has 1 saturated heterocycles. The number of fused-ring (bicyclic) bond motifs is 1. The predicted molar refractivity (Wildman–Crippen MR) is 104 cm³/mol. The quantitative estimate of drug-likeness (QED) is 0.772. The summed E-state index contributed by atoms with van der Waals surface area (Å²) in [6, 6.07) is 6.80. The monoisotopic (exact) mass is 386 g/mol. The van der Waals surface area contributed by atoms with Crippen LogP contribution in [-0.2, 0) is 0 Å². The van der Waals surface area contributed by atoms with E-state index in [0.717, 1.165) is 31.1 Å². The van der Waals surface area contributed by atoms with Crippen molar-refractivity contribution in [2.24, 2.45) is 0 Å². The summed E-state index contributed by atoms with van der Waals surface area (Å²) in [6.45, 7) is 3.10. The number of halogens is 1. The maximum atomic E-state index is 12.5. The van der Waals surface area contributed by atoms with Crippen LogP contribution in [0.5, 0.6) is 0 Å². The zero-order valence-electron chi connectivity index (χ0n) is 14.8. The molecule has 1 fully saturated rings. The molecular formula is C19H19ClN4O3. The number of carbonyl (C=O) groups excluding carboxylic acids is 2. The Labute approximate surface area is 160 Å². The third-order valence-corrected chi connectivity index (χ3v) is 5.56. The van der Waals surface area contributed by atoms with Crippen molar-refractivity contribution < 1.29 is 9.59 Å². The van der Waals surface area contributed by atoms with Crippen molar-refractivity contribution in [3.63, 3.8) is 0 Å². The molecule has 7 nitrogen and oxygen atoms in total. The Bertz CT molecular complexity index is 1030. The highest BCUT2D eigenvalue weighted by molar-refractivity contribution is 6.33. The van der Waals surface area contributed by atoms with Gasteiger partial charge in [0.2, 0.25) is 0 Å². The number of amides is 2. The Morgan fingerprint density at radius 3 is 2.63 bits per heavy atom. The van der Waals surface area contributed by atoms with Crippen molar-refractivity contribution in [2.45, 2.75) is 32.2 Å². The number of rotatable bonds is 2. The van der Waals surface area contributed by atoms with Crippen LogP contribution < -0.4 is 21.5 Å². The minimum atomic E-state index is -0.613. The first-order chi connectivity index (χ1) is 12.9. The summed E-state index contributed by atoms with van der Waals surface area (Å²) in [7, 11) is 0. The van der Waals surface area contributed by atoms with E-state index in [1.165, 1.54) is 11.0 Å². The maximum Gasteiger partial charge on any atom is 0.262 e. The molecule has 0 radical (unpaired) electrons. The van der Waals surface area contributed by atoms with E-state index in [0.29, 0.717) is 16.8 Å². The number of nitrogens with two attached hydrogens (primary N) is 1. The Kier molecular flexibility index (Phi) is 4.19. The summed E-state index contributed by atoms with van der Waals surface area (Å²) in [6.07, 6.45) is 3.43. The van der Waals surface area contributed by atoms with Gasteiger partial charge in [0.25, 0.3) is 17.4 Å². The van der Waals surface area contributed by atoms with Gasteiger partial charge in [-0.2, -0.15) is 0 Å². The Hall–Kier alpha value is -2.80. The molecule has 8 heteroatoms. The van der Waals surface area contributed by atoms with Gasteiger partial charge < -0.3 is 10.6 Å². The van der Waals surface area contributed by atoms with Crippen molar-refractivity contribution in [1.82, 2.24) is 9.88 Å². The number of nitrogens with zero attached hydrogens (tertiary/aromatic N) is 2. The molecule has 27 heavy (non-hydrogen) atoms. The fourth-order valence-corrected chi connectivity index (χ4v) is 4.15. The molecule has 2 amide bonds. The molecule has 4 rings (SSSR count). The average molecular weight is 387 g/mol. The lowest BCUT2D eigenvalue weighted by Gasteiger charge is -2.36. The molecule has 0 aliphatic carbocycles. The van der Waals surface area contributed by atoms with E-state index in [4.69, 9.17) is 17.3 Å². The van der Waals surface area contributed by atoms with Crippen molar-refractivity contribution in [1.29, 1.82) is 0 Å². The first-order valence-electron chi connectivity index (χ1n) is 8.86. The summed E-state index contributed by atoms with van der Waals surface area (Å²) in [4.78, 5) is 38.6. The zero-order chi connectivity index (χ0) is 19.3. The lowest BCUT2D eigenvalue weighted by molar-refractivity contribution is 0.0880. The highest BCUT2D eigenvalue weighted by atomic mass is 35.5. The molecule has 2 aliphatic heterocycles. The second-order valence-electron chi connectivity index (χ2n) is 6.95. The number of imide groups is 1. The molecule has 1 unspecified atom stereocenters. The Morgan fingerprint density at radius 1 is 1.15 bits per heavy atom. The number of hydrogen-bond acceptors (Lipinski definition) is 5. The van der Waals surface area contributed by atoms with Crippen LogP contribution in [0.1, 0.15) is 46.9 Å². The number of nitrogens with one attached hydrogen (secondary N) is 1. The van der Waals surface area contributed by atoms with Crippen molar-refractivity contribution in [3.8, 4) is 5.69 Å². The first kappa shape index (κ1) is 17.6. The van der Waals surface area contributed by atoms with E-state index in [9.17, 15) is 14.4 Å². The van der Waals surface area contributed by atoms with Gasteiger partial charge in [-0.25, -0.2) is 0 Å². The highest BCUT2D eigenvalue weighted by Gasteiger charge is 2.32. The summed E-state index contributed by atoms with van der Waals surface area (Å²) >= 11 is 6.52. The van der Waals surface area contributed by atoms with Gasteiger partial charge in [0.1, 0.15) is 5.82 Å². The number of anilines is 2. The summed E-state index contributed by atoms with van der Waals surface area (Å²) in [5.74, 6) is -1.29. The van der Waals surface area contributed by atoms with Crippen LogP contribution in [0.4, 0.5) is 11.5 Å². The van der Waals surface area contributed by atoms with Crippen LogP contribution in [0.3, 0.4) is 0 Å². The largest absolute Gasteiger partial charge is 0.384 e. The van der Waals surface area contributed by atoms with Gasteiger partial charge in [-0.3, -0.25) is 24.3 Å². The minimum absolute atomic E-state index is 0.00334. The number of aromatic nitrogens is 1. The van der Waals surface area contributed by atoms with E-state index in [1.54, 1.807) is 12.1 Å². The van der Waals surface area contributed by atoms with Gasteiger partial charge in [-0.15, -0.1) is 0 Å². The van der Waals surface area contributed by atoms with Gasteiger partial charge in [0.05, 0.1) is 27.5 Å². The SMILES string of the molecule is CC1CCCCN1c1ccc(-n2c(N)c3c(cc2=O)C(=O)NC3=O)cc1Cl. The van der Waals surface area contributed by atoms with Crippen LogP contribution in [0.15, 0.2) is 29.1 Å². The minimum Gasteiger partial charge on any atom is -0.384 e. The molecule has 2 aromatic rings. The third kappa shape index (κ3) is 2.78. The van der Waals surface area contributed by atoms with E-state index >= 15 is 0 Å². The summed E-state index contributed by atoms with van der Waals surface area (Å²) in [5, 5.41) is 2.66. The molecular weight excluding hydrogens is 368 g/mol. The number of hydrogen-bond donors (Lipinski definition) is 2. The van der Waals surface area contributed by atoms with Gasteiger partial charge in [-0.05, 0) is 44.4 Å². The van der Waals surface area contributed by atoms with Crippen LogP contribution in [-0.4, -0.2) is 29.0 Å². The van der Waals surface area contributed by atoms with E-state index in [2.05, 4.69) is 17.1 Å². The Balaban J connectivity index is 1.80. The van der Waals surface area contributed by atoms with Gasteiger partial charge in [0.15, 0.2) is 0 Å². The molecule has 3 heterocycles. The first-order valence-corrected chi connectivity index (χ1v) is 9.24. The predicted octanol–water partition coefficient (Wildman–Crippen LogP) is 2.34. The standard InChI is InChI=1S/C19H19ClN4O3/c1-10-4-2-3-7-23(10)14-6-5-11(8-13(14)20)24-15(25)9-12-16(17(24)21)19(27)22-18(12)26/h5-6,8-10H,2-4,7,21H2,1H3,(H,22,26,27). The molecule has 1 aromatic carbocycles. The topological polar surface area (TPSA) is 97.4 Å². The molecule has 0 bridgehead atoms. The summed E-state index contributed by atoms with van der Waals surface area (Å²) in [5.41, 5.74) is 6.96. The molecule has 2 aliphatic rings. The second-order valence-corrected chi connectivity index (χ2v) is 7.36. The fraction of sp³-hybridized carbons (Fsp3) is 0.316. The van der Waals surface area contributed by atoms with Gasteiger partial charge >= 0.3 is 0 Å². The normalized spacial score (nSPS) is 19.2. The lowest BCUT2D eigenvalue weighted by atomic mass is 10.0. The highest BCUT2D eigenvalue weighted by Crippen LogP contribution is 2.33. The van der Waals surface area contributed by atoms with E-state index in [1.807, 2.05) is 6.07 Å². The van der Waals surface area contributed by atoms with Crippen molar-refractivity contribution in [3.05, 3.63) is 50.8 Å². The number of piperidine rings is 1. The number of pyridine rings is 1. The smallest absolute Gasteiger partial charge is 0.262 e. The van der Waals surface area contributed by atoms with Gasteiger partial charge in [-0.1, -0.05) is 11.6 Å². The molecule has 3 N–H and O–H groups in total. The fourth-order valence-electron chi connectivity index (χ4n) is 3.87. The second kappa shape index (κ2) is 6.42. The lowest BCUT2D eigenvalue weighted by Crippen LogP contribution is -2.37. The van der Waals surface area contributed by atoms with E-state index < -0.39 is 17.4 Å². The Morgan fingerprint density at radius 2 is 1.93 bits per heavy atom. The molecule has 1 aromatic heterocycles. The maximum absolute atomic E-state index is 12.5. The van der Waals surface area contributed by atoms with Crippen molar-refractivity contribution >= 4 is 34.9 Å². The van der Waals surface area contributed by atoms with Crippen LogP contribution >= 0.6 is 11.6 Å². The van der Waals surface area contributed by atoms with Crippen LogP contribution in [0.25, 0.3) is 5.69 Å². The van der Waals surface area contributed by atoms with E-state index in [-0.39, 0.29) is 16.9 Å². The molecule has 0 saturated carbocycles. The number of nitrogen functional groups attached to an aromatic ring is 1. The summed E-state index contributed by atoms with van der Waals surface area (Å²) < 4.78 is 1.20. The molecule has 140 valence electrons.